The lowest BCUT2D eigenvalue weighted by Gasteiger charge is -2.46. The van der Waals surface area contributed by atoms with Crippen molar-refractivity contribution in [2.24, 2.45) is 5.92 Å². The third-order valence-corrected chi connectivity index (χ3v) is 9.24. The van der Waals surface area contributed by atoms with Crippen molar-refractivity contribution in [3.63, 3.8) is 0 Å². The molecule has 1 unspecified atom stereocenters. The molecule has 0 radical (unpaired) electrons. The Morgan fingerprint density at radius 3 is 2.69 bits per heavy atom. The van der Waals surface area contributed by atoms with E-state index in [1.165, 1.54) is 6.33 Å². The molecule has 15 nitrogen and oxygen atoms in total. The Labute approximate surface area is 286 Å². The molecule has 0 spiro atoms. The molecule has 2 N–H and O–H groups in total. The monoisotopic (exact) mass is 671 g/mol. The van der Waals surface area contributed by atoms with Crippen LogP contribution < -0.4 is 20.1 Å². The van der Waals surface area contributed by atoms with Crippen LogP contribution in [0.25, 0.3) is 11.1 Å². The van der Waals surface area contributed by atoms with Gasteiger partial charge in [0.15, 0.2) is 0 Å². The first-order valence-electron chi connectivity index (χ1n) is 16.9. The number of benzene rings is 1. The van der Waals surface area contributed by atoms with Gasteiger partial charge in [-0.25, -0.2) is 14.6 Å². The van der Waals surface area contributed by atoms with Gasteiger partial charge in [0, 0.05) is 51.2 Å². The molecule has 49 heavy (non-hydrogen) atoms. The first-order chi connectivity index (χ1) is 23.8. The molecule has 1 aliphatic carbocycles. The summed E-state index contributed by atoms with van der Waals surface area (Å²) in [6, 6.07) is 7.87. The lowest BCUT2D eigenvalue weighted by Crippen LogP contribution is -2.55. The summed E-state index contributed by atoms with van der Waals surface area (Å²) in [6.45, 7) is 9.60. The van der Waals surface area contributed by atoms with E-state index in [1.54, 1.807) is 30.3 Å². The van der Waals surface area contributed by atoms with Crippen LogP contribution in [0.2, 0.25) is 0 Å². The molecule has 3 aromatic heterocycles. The summed E-state index contributed by atoms with van der Waals surface area (Å²) < 4.78 is 27.4. The summed E-state index contributed by atoms with van der Waals surface area (Å²) in [4.78, 5) is 9.19. The van der Waals surface area contributed by atoms with E-state index in [2.05, 4.69) is 56.0 Å². The van der Waals surface area contributed by atoms with Crippen LogP contribution in [-0.2, 0) is 16.0 Å². The van der Waals surface area contributed by atoms with E-state index in [-0.39, 0.29) is 23.9 Å². The Morgan fingerprint density at radius 2 is 1.98 bits per heavy atom. The molecule has 260 valence electrons. The standard InChI is InChI=1S/C34H45N11O4/c1-23-16-36-21-34(3,49-23)28-8-10-29(11-9-28)45-20-30(32(41-45)47-13-5-12-46-4)40-33-37-17-27(18-38-33)25-6-7-26(15-35)31(14-25)48-24(2)19-44-22-39-42-43-44/h6-7,14,17-18,20,22-24,28-29,36H,5,8-13,16,19,21H2,1-4H3,(H,37,38,40)/t23-,24?,28?,29?,34-/m1/s1. The number of morpholine rings is 1. The van der Waals surface area contributed by atoms with Gasteiger partial charge >= 0.3 is 0 Å². The highest BCUT2D eigenvalue weighted by Gasteiger charge is 2.41. The predicted octanol–water partition coefficient (Wildman–Crippen LogP) is 4.32. The zero-order valence-electron chi connectivity index (χ0n) is 28.6. The maximum atomic E-state index is 9.67. The zero-order valence-corrected chi connectivity index (χ0v) is 28.6. The van der Waals surface area contributed by atoms with Crippen molar-refractivity contribution in [3.8, 4) is 28.8 Å². The van der Waals surface area contributed by atoms with Gasteiger partial charge in [0.05, 0.1) is 42.7 Å². The minimum atomic E-state index is -0.272. The van der Waals surface area contributed by atoms with Crippen molar-refractivity contribution in [2.75, 3.05) is 38.7 Å². The largest absolute Gasteiger partial charge is 0.487 e. The van der Waals surface area contributed by atoms with E-state index in [0.717, 1.165) is 56.3 Å². The maximum Gasteiger partial charge on any atom is 0.256 e. The minimum Gasteiger partial charge on any atom is -0.487 e. The molecule has 1 saturated heterocycles. The summed E-state index contributed by atoms with van der Waals surface area (Å²) in [7, 11) is 1.68. The lowest BCUT2D eigenvalue weighted by molar-refractivity contribution is -0.138. The van der Waals surface area contributed by atoms with Crippen LogP contribution in [0.4, 0.5) is 11.6 Å². The molecule has 1 aromatic carbocycles. The van der Waals surface area contributed by atoms with Crippen molar-refractivity contribution in [1.82, 2.24) is 45.3 Å². The number of anilines is 2. The smallest absolute Gasteiger partial charge is 0.256 e. The van der Waals surface area contributed by atoms with Gasteiger partial charge in [-0.05, 0) is 80.5 Å². The number of nitrogens with one attached hydrogen (secondary N) is 2. The van der Waals surface area contributed by atoms with Gasteiger partial charge in [-0.2, -0.15) is 5.26 Å². The third kappa shape index (κ3) is 8.51. The summed E-state index contributed by atoms with van der Waals surface area (Å²) in [5, 5.41) is 32.6. The second kappa shape index (κ2) is 15.7. The molecule has 15 heteroatoms. The summed E-state index contributed by atoms with van der Waals surface area (Å²) >= 11 is 0. The first kappa shape index (κ1) is 34.2. The average molecular weight is 672 g/mol. The van der Waals surface area contributed by atoms with E-state index in [1.807, 2.05) is 29.9 Å². The Morgan fingerprint density at radius 1 is 1.16 bits per heavy atom. The van der Waals surface area contributed by atoms with Gasteiger partial charge in [-0.3, -0.25) is 4.68 Å². The van der Waals surface area contributed by atoms with Crippen LogP contribution in [0.1, 0.15) is 64.5 Å². The van der Waals surface area contributed by atoms with Crippen molar-refractivity contribution in [3.05, 3.63) is 48.7 Å². The van der Waals surface area contributed by atoms with Crippen molar-refractivity contribution < 1.29 is 18.9 Å². The van der Waals surface area contributed by atoms with E-state index < -0.39 is 0 Å². The molecular weight excluding hydrogens is 626 g/mol. The van der Waals surface area contributed by atoms with Crippen molar-refractivity contribution >= 4 is 11.6 Å². The quantitative estimate of drug-likeness (QED) is 0.182. The van der Waals surface area contributed by atoms with Crippen molar-refractivity contribution in [2.45, 2.75) is 83.3 Å². The number of aromatic nitrogens is 8. The topological polar surface area (TPSA) is 172 Å². The number of tetrazole rings is 1. The molecule has 1 saturated carbocycles. The normalized spacial score (nSPS) is 23.0. The highest BCUT2D eigenvalue weighted by atomic mass is 16.5. The van der Waals surface area contributed by atoms with Crippen molar-refractivity contribution in [1.29, 1.82) is 5.26 Å². The fourth-order valence-electron chi connectivity index (χ4n) is 6.72. The number of hydrogen-bond acceptors (Lipinski definition) is 13. The summed E-state index contributed by atoms with van der Waals surface area (Å²) in [6.07, 6.45) is 11.9. The summed E-state index contributed by atoms with van der Waals surface area (Å²) in [5.74, 6) is 1.89. The number of nitrogens with zero attached hydrogens (tertiary/aromatic N) is 9. The fourth-order valence-corrected chi connectivity index (χ4v) is 6.72. The number of ether oxygens (including phenoxy) is 4. The highest BCUT2D eigenvalue weighted by molar-refractivity contribution is 5.67. The van der Waals surface area contributed by atoms with Gasteiger partial charge in [-0.1, -0.05) is 6.07 Å². The molecule has 1 aliphatic heterocycles. The fraction of sp³-hybridized carbons (Fsp3) is 0.559. The maximum absolute atomic E-state index is 9.67. The van der Waals surface area contributed by atoms with Crippen LogP contribution in [0.3, 0.4) is 0 Å². The zero-order chi connectivity index (χ0) is 34.2. The van der Waals surface area contributed by atoms with Crippen LogP contribution in [0.15, 0.2) is 43.1 Å². The average Bonchev–Trinajstić information content (AvgIpc) is 3.77. The molecule has 4 aromatic rings. The Kier molecular flexibility index (Phi) is 11.0. The molecule has 2 fully saturated rings. The SMILES string of the molecule is COCCCOc1nn(C2CCC([C@@]3(C)CNC[C@@H](C)O3)CC2)cc1Nc1ncc(-c2ccc(C#N)c(OC(C)Cn3cnnn3)c2)cn1. The second-order valence-corrected chi connectivity index (χ2v) is 13.1. The van der Waals surface area contributed by atoms with E-state index in [0.29, 0.717) is 54.5 Å². The number of rotatable bonds is 14. The Balaban J connectivity index is 1.13. The predicted molar refractivity (Wildman–Crippen MR) is 180 cm³/mol. The van der Waals surface area contributed by atoms with E-state index in [4.69, 9.17) is 24.0 Å². The minimum absolute atomic E-state index is 0.139. The van der Waals surface area contributed by atoms with Gasteiger partial charge in [0.2, 0.25) is 5.95 Å². The van der Waals surface area contributed by atoms with Gasteiger partial charge in [-0.15, -0.1) is 10.2 Å². The number of nitriles is 1. The first-order valence-corrected chi connectivity index (χ1v) is 16.9. The molecule has 4 heterocycles. The van der Waals surface area contributed by atoms with E-state index >= 15 is 0 Å². The molecule has 6 rings (SSSR count). The Bertz CT molecular complexity index is 1680. The van der Waals surface area contributed by atoms with Gasteiger partial charge < -0.3 is 29.6 Å². The molecule has 2 aliphatic rings. The van der Waals surface area contributed by atoms with Crippen LogP contribution in [0, 0.1) is 17.2 Å². The molecular formula is C34H45N11O4. The van der Waals surface area contributed by atoms with Gasteiger partial charge in [0.1, 0.15) is 29.9 Å². The molecule has 0 bridgehead atoms. The van der Waals surface area contributed by atoms with Gasteiger partial charge in [0.25, 0.3) is 5.88 Å². The Hall–Kier alpha value is -4.65. The third-order valence-electron chi connectivity index (χ3n) is 9.24. The van der Waals surface area contributed by atoms with Crippen LogP contribution in [0.5, 0.6) is 11.6 Å². The summed E-state index contributed by atoms with van der Waals surface area (Å²) in [5.41, 5.74) is 2.59. The van der Waals surface area contributed by atoms with E-state index in [9.17, 15) is 5.26 Å². The molecule has 0 amide bonds. The van der Waals surface area contributed by atoms with Crippen LogP contribution in [-0.4, -0.2) is 91.2 Å². The number of hydrogen-bond donors (Lipinski definition) is 2. The number of methoxy groups -OCH3 is 1. The second-order valence-electron chi connectivity index (χ2n) is 13.1. The van der Waals surface area contributed by atoms with Crippen LogP contribution >= 0.6 is 0 Å². The molecule has 3 atom stereocenters. The highest BCUT2D eigenvalue weighted by Crippen LogP contribution is 2.41. The lowest BCUT2D eigenvalue weighted by atomic mass is 9.75.